The number of amides is 4. The van der Waals surface area contributed by atoms with Crippen LogP contribution in [0.4, 0.5) is 10.5 Å². The van der Waals surface area contributed by atoms with Crippen LogP contribution in [0.1, 0.15) is 81.9 Å². The van der Waals surface area contributed by atoms with Crippen LogP contribution in [-0.2, 0) is 16.0 Å². The summed E-state index contributed by atoms with van der Waals surface area (Å²) >= 11 is 1.91. The highest BCUT2D eigenvalue weighted by atomic mass is 32.2. The number of hydrogen-bond acceptors (Lipinski definition) is 7. The van der Waals surface area contributed by atoms with E-state index in [1.807, 2.05) is 24.8 Å². The average molecular weight is 677 g/mol. The molecule has 0 spiro atoms. The summed E-state index contributed by atoms with van der Waals surface area (Å²) in [5.74, 6) is 1.89. The molecule has 2 fully saturated rings. The van der Waals surface area contributed by atoms with E-state index >= 15 is 0 Å². The van der Waals surface area contributed by atoms with Gasteiger partial charge in [-0.3, -0.25) is 14.6 Å². The summed E-state index contributed by atoms with van der Waals surface area (Å²) in [6.45, 7) is 11.1. The molecule has 48 heavy (non-hydrogen) atoms. The number of carbonyl (C=O) groups is 3. The third-order valence-corrected chi connectivity index (χ3v) is 10.9. The maximum Gasteiger partial charge on any atom is 0.315 e. The van der Waals surface area contributed by atoms with Gasteiger partial charge in [-0.05, 0) is 95.0 Å². The summed E-state index contributed by atoms with van der Waals surface area (Å²) in [5.41, 5.74) is 6.25. The maximum atomic E-state index is 12.9. The molecule has 3 aliphatic heterocycles. The van der Waals surface area contributed by atoms with Crippen LogP contribution in [0.3, 0.4) is 0 Å². The van der Waals surface area contributed by atoms with Crippen LogP contribution in [0.25, 0.3) is 22.3 Å². The molecule has 3 heterocycles. The van der Waals surface area contributed by atoms with Crippen LogP contribution in [0, 0.1) is 13.8 Å². The quantitative estimate of drug-likeness (QED) is 0.0721. The highest BCUT2D eigenvalue weighted by Gasteiger charge is 2.42. The Hall–Kier alpha value is -3.73. The fraction of sp³-hybridized carbons (Fsp3) is 0.568. The molecule has 4 aliphatic rings. The van der Waals surface area contributed by atoms with Gasteiger partial charge in [0.05, 0.1) is 17.4 Å². The van der Waals surface area contributed by atoms with Crippen molar-refractivity contribution in [3.63, 3.8) is 0 Å². The number of rotatable bonds is 17. The van der Waals surface area contributed by atoms with Crippen molar-refractivity contribution in [1.29, 1.82) is 0 Å². The molecule has 1 aromatic rings. The number of aryl methyl sites for hydroxylation is 3. The first-order chi connectivity index (χ1) is 23.3. The van der Waals surface area contributed by atoms with E-state index in [2.05, 4.69) is 70.5 Å². The summed E-state index contributed by atoms with van der Waals surface area (Å²) < 4.78 is 6.42. The van der Waals surface area contributed by atoms with Gasteiger partial charge in [0.1, 0.15) is 11.3 Å². The van der Waals surface area contributed by atoms with Crippen molar-refractivity contribution in [3.05, 3.63) is 46.3 Å². The predicted molar refractivity (Wildman–Crippen MR) is 195 cm³/mol. The number of urea groups is 1. The number of anilines is 1. The van der Waals surface area contributed by atoms with Gasteiger partial charge < -0.3 is 31.0 Å². The molecular formula is C37H52N6O4S. The topological polar surface area (TPSA) is 137 Å². The molecule has 1 aliphatic carbocycles. The highest BCUT2D eigenvalue weighted by Crippen LogP contribution is 2.37. The molecule has 0 saturated carbocycles. The third kappa shape index (κ3) is 9.03. The minimum Gasteiger partial charge on any atom is -0.456 e. The Morgan fingerprint density at radius 3 is 2.46 bits per heavy atom. The smallest absolute Gasteiger partial charge is 0.315 e. The van der Waals surface area contributed by atoms with Gasteiger partial charge >= 0.3 is 6.03 Å². The van der Waals surface area contributed by atoms with E-state index in [-0.39, 0.29) is 29.9 Å². The van der Waals surface area contributed by atoms with Crippen LogP contribution in [0.15, 0.2) is 33.7 Å². The van der Waals surface area contributed by atoms with Gasteiger partial charge in [-0.2, -0.15) is 11.8 Å². The molecule has 4 amide bonds. The zero-order valence-electron chi connectivity index (χ0n) is 28.9. The molecule has 260 valence electrons. The second kappa shape index (κ2) is 17.1. The Morgan fingerprint density at radius 1 is 0.938 bits per heavy atom. The Labute approximate surface area is 288 Å². The standard InChI is InChI=1S/C37H52N6O4S/c1-5-38-28-20-31-26(18-23(28)3)25(27-19-24(4)29(39-6-2)21-32(27)47-31)14-15-35(45)41-17-11-7-10-16-40-34(44)13-9-8-12-33-36-30(22-48-33)42-37(46)43-36/h18-21,30,33,36,38H,5-17,22H2,1-4H3,(H,40,44)(H,41,45)(H2,42,43,46)/t30-,33+,36-/m1/s1. The second-order valence-corrected chi connectivity index (χ2v) is 14.3. The van der Waals surface area contributed by atoms with Gasteiger partial charge in [-0.25, -0.2) is 4.79 Å². The van der Waals surface area contributed by atoms with Crippen molar-refractivity contribution in [2.75, 3.05) is 37.2 Å². The summed E-state index contributed by atoms with van der Waals surface area (Å²) in [6, 6.07) is 8.82. The lowest BCUT2D eigenvalue weighted by atomic mass is 9.93. The Bertz CT molecular complexity index is 1640. The molecule has 5 rings (SSSR count). The monoisotopic (exact) mass is 676 g/mol. The van der Waals surface area contributed by atoms with Crippen LogP contribution in [-0.4, -0.2) is 67.1 Å². The summed E-state index contributed by atoms with van der Waals surface area (Å²) in [4.78, 5) is 41.4. The first-order valence-corrected chi connectivity index (χ1v) is 18.8. The van der Waals surface area contributed by atoms with Crippen molar-refractivity contribution in [2.45, 2.75) is 103 Å². The van der Waals surface area contributed by atoms with Crippen LogP contribution < -0.4 is 31.9 Å². The summed E-state index contributed by atoms with van der Waals surface area (Å²) in [6.07, 6.45) is 7.12. The van der Waals surface area contributed by atoms with Gasteiger partial charge in [-0.15, -0.1) is 0 Å². The van der Waals surface area contributed by atoms with E-state index in [0.717, 1.165) is 101 Å². The molecule has 0 bridgehead atoms. The number of benzene rings is 2. The first-order valence-electron chi connectivity index (χ1n) is 17.7. The summed E-state index contributed by atoms with van der Waals surface area (Å²) in [7, 11) is 0. The van der Waals surface area contributed by atoms with E-state index in [1.165, 1.54) is 0 Å². The van der Waals surface area contributed by atoms with Gasteiger partial charge in [0.25, 0.3) is 0 Å². The lowest BCUT2D eigenvalue weighted by Crippen LogP contribution is -2.36. The van der Waals surface area contributed by atoms with E-state index in [1.54, 1.807) is 0 Å². The number of carbonyl (C=O) groups excluding carboxylic acids is 3. The number of thioether (sulfide) groups is 1. The van der Waals surface area contributed by atoms with Crippen molar-refractivity contribution in [2.24, 2.45) is 4.99 Å². The van der Waals surface area contributed by atoms with Gasteiger partial charge in [0.15, 0.2) is 0 Å². The minimum absolute atomic E-state index is 0.0406. The molecule has 0 aromatic heterocycles. The van der Waals surface area contributed by atoms with Crippen molar-refractivity contribution >= 4 is 46.3 Å². The summed E-state index contributed by atoms with van der Waals surface area (Å²) in [5, 5.41) is 18.0. The van der Waals surface area contributed by atoms with Gasteiger partial charge in [-0.1, -0.05) is 6.42 Å². The molecule has 11 heteroatoms. The number of nitrogens with one attached hydrogen (secondary N) is 5. The van der Waals surface area contributed by atoms with Crippen LogP contribution in [0.5, 0.6) is 0 Å². The van der Waals surface area contributed by atoms with Crippen molar-refractivity contribution in [1.82, 2.24) is 21.3 Å². The molecule has 1 aromatic carbocycles. The average Bonchev–Trinajstić information content (AvgIpc) is 3.61. The molecule has 3 atom stereocenters. The zero-order chi connectivity index (χ0) is 34.0. The first kappa shape index (κ1) is 35.6. The largest absolute Gasteiger partial charge is 0.456 e. The SMILES string of the molecule is CCN=c1cc2oc3cc(NCC)c(C)cc3c(CCC(=O)NCCCCCNC(=O)CCCC[C@@H]3SC[C@H]4NC(=O)N[C@@H]34)c-2cc1C. The molecular weight excluding hydrogens is 625 g/mol. The van der Waals surface area contributed by atoms with Gasteiger partial charge in [0.2, 0.25) is 11.8 Å². The Kier molecular flexibility index (Phi) is 12.7. The second-order valence-electron chi connectivity index (χ2n) is 13.0. The van der Waals surface area contributed by atoms with E-state index < -0.39 is 0 Å². The minimum atomic E-state index is -0.0538. The van der Waals surface area contributed by atoms with E-state index in [0.29, 0.717) is 44.1 Å². The molecule has 10 nitrogen and oxygen atoms in total. The van der Waals surface area contributed by atoms with Crippen LogP contribution in [0.2, 0.25) is 0 Å². The maximum absolute atomic E-state index is 12.9. The molecule has 2 saturated heterocycles. The number of nitrogens with zero attached hydrogens (tertiary/aromatic N) is 1. The lowest BCUT2D eigenvalue weighted by molar-refractivity contribution is -0.121. The number of fused-ring (bicyclic) bond motifs is 3. The third-order valence-electron chi connectivity index (χ3n) is 9.37. The molecule has 5 N–H and O–H groups in total. The van der Waals surface area contributed by atoms with Gasteiger partial charge in [0, 0.05) is 78.8 Å². The highest BCUT2D eigenvalue weighted by molar-refractivity contribution is 8.00. The lowest BCUT2D eigenvalue weighted by Gasteiger charge is -2.18. The number of unbranched alkanes of at least 4 members (excludes halogenated alkanes) is 3. The normalized spacial score (nSPS) is 19.0. The van der Waals surface area contributed by atoms with Crippen LogP contribution >= 0.6 is 11.8 Å². The van der Waals surface area contributed by atoms with E-state index in [4.69, 9.17) is 4.42 Å². The van der Waals surface area contributed by atoms with Crippen molar-refractivity contribution in [3.8, 4) is 11.3 Å². The Balaban J connectivity index is 1.03. The van der Waals surface area contributed by atoms with E-state index in [9.17, 15) is 14.4 Å². The molecule has 0 radical (unpaired) electrons. The fourth-order valence-corrected chi connectivity index (χ4v) is 8.38. The van der Waals surface area contributed by atoms with Crippen molar-refractivity contribution < 1.29 is 18.8 Å². The molecule has 0 unspecified atom stereocenters. The fourth-order valence-electron chi connectivity index (χ4n) is 6.83. The Morgan fingerprint density at radius 2 is 1.71 bits per heavy atom. The number of hydrogen-bond donors (Lipinski definition) is 5. The zero-order valence-corrected chi connectivity index (χ0v) is 29.7. The predicted octanol–water partition coefficient (Wildman–Crippen LogP) is 5.57.